The highest BCUT2D eigenvalue weighted by molar-refractivity contribution is 7.88. The van der Waals surface area contributed by atoms with E-state index >= 15 is 0 Å². The minimum atomic E-state index is -3.40. The molecule has 0 saturated carbocycles. The molecule has 298 valence electrons. The molecular weight excluding hydrogens is 811 g/mol. The van der Waals surface area contributed by atoms with Gasteiger partial charge in [-0.25, -0.2) is 26.8 Å². The summed E-state index contributed by atoms with van der Waals surface area (Å²) in [7, 11) is -4.96. The van der Waals surface area contributed by atoms with Gasteiger partial charge in [-0.05, 0) is 19.9 Å². The number of ketones is 4. The number of hydrogen-bond acceptors (Lipinski definition) is 17. The standard InChI is InChI=1S/C33H37N9O10S4/c1-36(22-4-6-41(22)18-16-20(43)28-24(26(18)45)34-30(53-28)32(47)37-8-12-39(13-9-37)55(2,49)50)23-5-7-42(23)19-17-21(44)29-25(27(19)46)35-31(54-29)33(48)38-10-14-40(15-11-38)56(3,51)52/h16-17,22-23H,4-15H2,1-3H3. The number of piperazine rings is 2. The smallest absolute Gasteiger partial charge is 0.282 e. The predicted molar refractivity (Wildman–Crippen MR) is 200 cm³/mol. The Labute approximate surface area is 329 Å². The first kappa shape index (κ1) is 38.6. The lowest BCUT2D eigenvalue weighted by Gasteiger charge is -2.56. The van der Waals surface area contributed by atoms with E-state index in [0.717, 1.165) is 35.2 Å². The molecule has 6 heterocycles. The SMILES string of the molecule is CN(C1CCN1C1=CC(=O)c2sc(C(=O)N3CCN(S(C)(=O)=O)CC3)nc2C1=O)C1CCN1C1=CC(=O)c2sc(C(=O)N3CCN(S(C)(=O)=O)CC3)nc2C1=O. The number of sulfonamides is 2. The predicted octanol–water partition coefficient (Wildman–Crippen LogP) is -0.744. The van der Waals surface area contributed by atoms with Gasteiger partial charge < -0.3 is 19.6 Å². The van der Waals surface area contributed by atoms with Gasteiger partial charge in [0.15, 0.2) is 21.6 Å². The maximum absolute atomic E-state index is 13.8. The summed E-state index contributed by atoms with van der Waals surface area (Å²) in [5, 5.41) is -0.0394. The maximum atomic E-state index is 13.8. The molecule has 4 saturated heterocycles. The molecule has 2 aromatic heterocycles. The largest absolute Gasteiger partial charge is 0.352 e. The van der Waals surface area contributed by atoms with Gasteiger partial charge in [0, 0.05) is 77.6 Å². The van der Waals surface area contributed by atoms with Gasteiger partial charge in [-0.1, -0.05) is 0 Å². The summed E-state index contributed by atoms with van der Waals surface area (Å²) in [4.78, 5) is 98.0. The Bertz CT molecular complexity index is 2220. The minimum absolute atomic E-state index is 0.0197. The number of rotatable bonds is 8. The van der Waals surface area contributed by atoms with Crippen molar-refractivity contribution in [1.82, 2.24) is 43.1 Å². The normalized spacial score (nSPS) is 23.8. The van der Waals surface area contributed by atoms with Gasteiger partial charge in [0.05, 0.1) is 36.2 Å². The Morgan fingerprint density at radius 2 is 0.982 bits per heavy atom. The number of amides is 2. The molecule has 0 bridgehead atoms. The fraction of sp³-hybridized carbons (Fsp3) is 0.515. The maximum Gasteiger partial charge on any atom is 0.282 e. The Morgan fingerprint density at radius 1 is 0.625 bits per heavy atom. The van der Waals surface area contributed by atoms with Gasteiger partial charge in [0.1, 0.15) is 21.1 Å². The zero-order valence-electron chi connectivity index (χ0n) is 30.5. The first-order valence-electron chi connectivity index (χ1n) is 17.8. The molecule has 56 heavy (non-hydrogen) atoms. The second kappa shape index (κ2) is 14.0. The van der Waals surface area contributed by atoms with E-state index in [-0.39, 0.29) is 107 Å². The second-order valence-corrected chi connectivity index (χ2v) is 20.3. The van der Waals surface area contributed by atoms with Crippen LogP contribution >= 0.6 is 22.7 Å². The summed E-state index contributed by atoms with van der Waals surface area (Å²) in [6.45, 7) is 2.06. The van der Waals surface area contributed by atoms with E-state index in [9.17, 15) is 45.6 Å². The van der Waals surface area contributed by atoms with E-state index in [4.69, 9.17) is 0 Å². The number of carbonyl (C=O) groups excluding carboxylic acids is 6. The molecule has 0 N–H and O–H groups in total. The van der Waals surface area contributed by atoms with Crippen molar-refractivity contribution in [3.8, 4) is 0 Å². The lowest BCUT2D eigenvalue weighted by Crippen LogP contribution is -2.66. The van der Waals surface area contributed by atoms with Crippen molar-refractivity contribution in [3.05, 3.63) is 54.7 Å². The molecule has 2 amide bonds. The molecule has 4 fully saturated rings. The van der Waals surface area contributed by atoms with Crippen molar-refractivity contribution in [2.75, 3.05) is 85.0 Å². The van der Waals surface area contributed by atoms with Crippen LogP contribution in [0.4, 0.5) is 0 Å². The number of aromatic nitrogens is 2. The Hall–Kier alpha value is -4.26. The highest BCUT2D eigenvalue weighted by Gasteiger charge is 2.47. The Kier molecular flexibility index (Phi) is 9.64. The van der Waals surface area contributed by atoms with Crippen LogP contribution in [-0.4, -0.2) is 192 Å². The molecule has 2 aliphatic carbocycles. The second-order valence-electron chi connectivity index (χ2n) is 14.3. The number of nitrogens with zero attached hydrogens (tertiary/aromatic N) is 9. The van der Waals surface area contributed by atoms with Crippen LogP contribution in [0.15, 0.2) is 23.5 Å². The molecule has 6 aliphatic rings. The summed E-state index contributed by atoms with van der Waals surface area (Å²) in [5.41, 5.74) is 0.0953. The molecule has 2 unspecified atom stereocenters. The minimum Gasteiger partial charge on any atom is -0.352 e. The highest BCUT2D eigenvalue weighted by Crippen LogP contribution is 2.38. The third-order valence-corrected chi connectivity index (χ3v) is 15.7. The van der Waals surface area contributed by atoms with Crippen molar-refractivity contribution in [1.29, 1.82) is 0 Å². The first-order chi connectivity index (χ1) is 26.4. The van der Waals surface area contributed by atoms with Crippen LogP contribution in [-0.2, 0) is 20.0 Å². The van der Waals surface area contributed by atoms with E-state index in [1.165, 1.54) is 30.6 Å². The first-order valence-corrected chi connectivity index (χ1v) is 23.1. The van der Waals surface area contributed by atoms with Crippen LogP contribution in [0.25, 0.3) is 0 Å². The highest BCUT2D eigenvalue weighted by atomic mass is 32.2. The average molecular weight is 848 g/mol. The Balaban J connectivity index is 0.924. The molecular formula is C33H37N9O10S4. The molecule has 4 aliphatic heterocycles. The van der Waals surface area contributed by atoms with Crippen molar-refractivity contribution in [2.45, 2.75) is 25.2 Å². The van der Waals surface area contributed by atoms with E-state index < -0.39 is 55.0 Å². The zero-order chi connectivity index (χ0) is 40.0. The van der Waals surface area contributed by atoms with E-state index in [2.05, 4.69) is 9.97 Å². The number of fused-ring (bicyclic) bond motifs is 2. The number of carbonyl (C=O) groups is 6. The van der Waals surface area contributed by atoms with E-state index in [1.54, 1.807) is 9.80 Å². The van der Waals surface area contributed by atoms with Crippen molar-refractivity contribution in [3.63, 3.8) is 0 Å². The van der Waals surface area contributed by atoms with Crippen LogP contribution in [0.1, 0.15) is 72.8 Å². The lowest BCUT2D eigenvalue weighted by molar-refractivity contribution is -0.0903. The molecule has 8 rings (SSSR count). The van der Waals surface area contributed by atoms with E-state index in [1.807, 2.05) is 11.9 Å². The summed E-state index contributed by atoms with van der Waals surface area (Å²) in [5.74, 6) is -2.83. The molecule has 19 nitrogen and oxygen atoms in total. The number of Topliss-reactive ketones (excluding diaryl/α,β-unsaturated/α-hetero) is 2. The molecule has 23 heteroatoms. The van der Waals surface area contributed by atoms with Crippen LogP contribution in [0, 0.1) is 0 Å². The molecule has 2 atom stereocenters. The van der Waals surface area contributed by atoms with Crippen molar-refractivity contribution < 1.29 is 45.6 Å². The average Bonchev–Trinajstić information content (AvgIpc) is 3.78. The summed E-state index contributed by atoms with van der Waals surface area (Å²) >= 11 is 1.69. The summed E-state index contributed by atoms with van der Waals surface area (Å²) in [6, 6.07) is 0. The Morgan fingerprint density at radius 3 is 1.29 bits per heavy atom. The molecule has 2 aromatic rings. The number of thiazole rings is 2. The van der Waals surface area contributed by atoms with Crippen molar-refractivity contribution >= 4 is 77.7 Å². The summed E-state index contributed by atoms with van der Waals surface area (Å²) in [6.07, 6.45) is 5.35. The zero-order valence-corrected chi connectivity index (χ0v) is 33.8. The van der Waals surface area contributed by atoms with Gasteiger partial charge in [0.25, 0.3) is 11.8 Å². The summed E-state index contributed by atoms with van der Waals surface area (Å²) < 4.78 is 50.1. The third kappa shape index (κ3) is 6.61. The third-order valence-electron chi connectivity index (χ3n) is 11.0. The molecule has 0 spiro atoms. The van der Waals surface area contributed by atoms with Gasteiger partial charge in [-0.2, -0.15) is 8.61 Å². The monoisotopic (exact) mass is 847 g/mol. The van der Waals surface area contributed by atoms with Crippen LogP contribution in [0.2, 0.25) is 0 Å². The van der Waals surface area contributed by atoms with Crippen LogP contribution in [0.5, 0.6) is 0 Å². The fourth-order valence-electron chi connectivity index (χ4n) is 7.72. The number of hydrogen-bond donors (Lipinski definition) is 0. The fourth-order valence-corrected chi connectivity index (χ4v) is 11.3. The van der Waals surface area contributed by atoms with Gasteiger partial charge in [-0.15, -0.1) is 22.7 Å². The molecule has 0 aromatic carbocycles. The quantitative estimate of drug-likeness (QED) is 0.320. The van der Waals surface area contributed by atoms with Crippen molar-refractivity contribution in [2.24, 2.45) is 0 Å². The van der Waals surface area contributed by atoms with Crippen LogP contribution in [0.3, 0.4) is 0 Å². The van der Waals surface area contributed by atoms with Gasteiger partial charge >= 0.3 is 0 Å². The van der Waals surface area contributed by atoms with Crippen LogP contribution < -0.4 is 0 Å². The van der Waals surface area contributed by atoms with Gasteiger partial charge in [0.2, 0.25) is 31.6 Å². The number of likely N-dealkylation sites (tertiary alicyclic amines) is 2. The molecule has 0 radical (unpaired) electrons. The van der Waals surface area contributed by atoms with E-state index in [0.29, 0.717) is 25.9 Å². The van der Waals surface area contributed by atoms with Gasteiger partial charge in [-0.3, -0.25) is 33.7 Å². The lowest BCUT2D eigenvalue weighted by atomic mass is 9.96. The number of allylic oxidation sites excluding steroid dienone is 4. The topological polar surface area (TPSA) is 219 Å².